The number of anilines is 1. The fourth-order valence-corrected chi connectivity index (χ4v) is 3.78. The number of nitrogens with one attached hydrogen (secondary N) is 1. The lowest BCUT2D eigenvalue weighted by atomic mass is 10.1. The molecule has 0 atom stereocenters. The highest BCUT2D eigenvalue weighted by atomic mass is 35.5. The van der Waals surface area contributed by atoms with Crippen molar-refractivity contribution < 1.29 is 18.8 Å². The molecule has 0 unspecified atom stereocenters. The van der Waals surface area contributed by atoms with Crippen LogP contribution in [-0.4, -0.2) is 32.4 Å². The van der Waals surface area contributed by atoms with Crippen LogP contribution in [0.25, 0.3) is 0 Å². The average molecular weight is 461 g/mol. The second kappa shape index (κ2) is 8.40. The predicted molar refractivity (Wildman–Crippen MR) is 120 cm³/mol. The topological polar surface area (TPSA) is 97.4 Å². The lowest BCUT2D eigenvalue weighted by Crippen LogP contribution is -2.28. The van der Waals surface area contributed by atoms with Crippen LogP contribution >= 0.6 is 11.6 Å². The molecule has 0 saturated heterocycles. The number of imide groups is 1. The van der Waals surface area contributed by atoms with E-state index < -0.39 is 17.7 Å². The van der Waals surface area contributed by atoms with Crippen molar-refractivity contribution in [3.63, 3.8) is 0 Å². The van der Waals surface area contributed by atoms with Crippen LogP contribution in [0.5, 0.6) is 0 Å². The van der Waals surface area contributed by atoms with Crippen LogP contribution in [0.15, 0.2) is 77.5 Å². The number of carbonyl (C=O) groups excluding carboxylic acids is 3. The lowest BCUT2D eigenvalue weighted by molar-refractivity contribution is 0.0631. The number of aromatic nitrogens is 2. The van der Waals surface area contributed by atoms with Gasteiger partial charge in [0.05, 0.1) is 36.7 Å². The van der Waals surface area contributed by atoms with Crippen molar-refractivity contribution in [2.45, 2.75) is 13.1 Å². The van der Waals surface area contributed by atoms with Gasteiger partial charge in [-0.15, -0.1) is 0 Å². The van der Waals surface area contributed by atoms with E-state index in [9.17, 15) is 14.4 Å². The largest absolute Gasteiger partial charge is 0.467 e. The fraction of sp³-hybridized carbons (Fsp3) is 0.0833. The Balaban J connectivity index is 1.33. The molecule has 33 heavy (non-hydrogen) atoms. The van der Waals surface area contributed by atoms with Gasteiger partial charge in [0.1, 0.15) is 11.6 Å². The van der Waals surface area contributed by atoms with Crippen molar-refractivity contribution in [2.75, 3.05) is 5.32 Å². The number of hydrogen-bond donors (Lipinski definition) is 1. The van der Waals surface area contributed by atoms with Gasteiger partial charge in [-0.1, -0.05) is 23.7 Å². The third kappa shape index (κ3) is 4.04. The number of furan rings is 1. The highest BCUT2D eigenvalue weighted by Crippen LogP contribution is 2.26. The molecule has 1 aliphatic heterocycles. The van der Waals surface area contributed by atoms with Gasteiger partial charge >= 0.3 is 0 Å². The lowest BCUT2D eigenvalue weighted by Gasteiger charge is -2.11. The van der Waals surface area contributed by atoms with Crippen LogP contribution in [0.2, 0.25) is 5.02 Å². The Kier molecular flexibility index (Phi) is 5.27. The molecule has 5 rings (SSSR count). The number of rotatable bonds is 6. The number of amides is 3. The first-order valence-corrected chi connectivity index (χ1v) is 10.5. The van der Waals surface area contributed by atoms with Gasteiger partial charge in [-0.3, -0.25) is 19.3 Å². The van der Waals surface area contributed by atoms with Gasteiger partial charge in [-0.25, -0.2) is 4.68 Å². The van der Waals surface area contributed by atoms with Crippen molar-refractivity contribution in [2.24, 2.45) is 0 Å². The minimum absolute atomic E-state index is 0.0325. The number of carbonyl (C=O) groups is 3. The molecule has 3 heterocycles. The molecule has 1 N–H and O–H groups in total. The summed E-state index contributed by atoms with van der Waals surface area (Å²) < 4.78 is 6.89. The molecule has 164 valence electrons. The second-order valence-corrected chi connectivity index (χ2v) is 7.93. The summed E-state index contributed by atoms with van der Waals surface area (Å²) in [7, 11) is 0. The maximum absolute atomic E-state index is 12.9. The van der Waals surface area contributed by atoms with Crippen LogP contribution in [0.3, 0.4) is 0 Å². The maximum atomic E-state index is 12.9. The summed E-state index contributed by atoms with van der Waals surface area (Å²) in [5, 5.41) is 7.71. The highest BCUT2D eigenvalue weighted by Gasteiger charge is 2.36. The summed E-state index contributed by atoms with van der Waals surface area (Å²) in [6, 6.07) is 16.9. The van der Waals surface area contributed by atoms with E-state index in [2.05, 4.69) is 10.4 Å². The molecule has 0 fully saturated rings. The first kappa shape index (κ1) is 20.7. The fourth-order valence-electron chi connectivity index (χ4n) is 3.65. The Morgan fingerprint density at radius 2 is 1.76 bits per heavy atom. The van der Waals surface area contributed by atoms with Gasteiger partial charge in [0.2, 0.25) is 0 Å². The number of nitrogens with zero attached hydrogens (tertiary/aromatic N) is 3. The van der Waals surface area contributed by atoms with Gasteiger partial charge in [-0.05, 0) is 48.0 Å². The molecule has 4 aromatic rings. The molecule has 8 nitrogen and oxygen atoms in total. The van der Waals surface area contributed by atoms with Crippen LogP contribution in [0.1, 0.15) is 42.4 Å². The average Bonchev–Trinajstić information content (AvgIpc) is 3.54. The predicted octanol–water partition coefficient (Wildman–Crippen LogP) is 4.23. The Morgan fingerprint density at radius 3 is 2.52 bits per heavy atom. The third-order valence-corrected chi connectivity index (χ3v) is 5.58. The minimum atomic E-state index is -0.464. The third-order valence-electron chi connectivity index (χ3n) is 5.33. The van der Waals surface area contributed by atoms with Crippen molar-refractivity contribution in [3.05, 3.63) is 106 Å². The van der Waals surface area contributed by atoms with E-state index in [1.807, 2.05) is 12.1 Å². The zero-order valence-corrected chi connectivity index (χ0v) is 18.0. The van der Waals surface area contributed by atoms with Gasteiger partial charge in [0.25, 0.3) is 17.7 Å². The zero-order valence-electron chi connectivity index (χ0n) is 17.2. The summed E-state index contributed by atoms with van der Waals surface area (Å²) in [4.78, 5) is 39.5. The Bertz CT molecular complexity index is 1360. The van der Waals surface area contributed by atoms with E-state index in [0.717, 1.165) is 10.5 Å². The van der Waals surface area contributed by atoms with Crippen LogP contribution in [0, 0.1) is 0 Å². The quantitative estimate of drug-likeness (QED) is 0.434. The summed E-state index contributed by atoms with van der Waals surface area (Å²) >= 11 is 5.93. The van der Waals surface area contributed by atoms with Gasteiger partial charge in [-0.2, -0.15) is 5.10 Å². The smallest absolute Gasteiger partial charge is 0.261 e. The summed E-state index contributed by atoms with van der Waals surface area (Å²) in [5.74, 6) is -0.303. The van der Waals surface area contributed by atoms with E-state index >= 15 is 0 Å². The number of hydrogen-bond acceptors (Lipinski definition) is 5. The van der Waals surface area contributed by atoms with Crippen LogP contribution < -0.4 is 5.32 Å². The molecule has 0 spiro atoms. The second-order valence-electron chi connectivity index (χ2n) is 7.49. The summed E-state index contributed by atoms with van der Waals surface area (Å²) in [6.45, 7) is 0.476. The van der Waals surface area contributed by atoms with Crippen LogP contribution in [-0.2, 0) is 13.1 Å². The molecule has 0 radical (unpaired) electrons. The molecule has 2 aromatic heterocycles. The molecule has 0 saturated carbocycles. The van der Waals surface area contributed by atoms with Crippen molar-refractivity contribution in [1.82, 2.24) is 14.7 Å². The number of fused-ring (bicyclic) bond motifs is 1. The normalized spacial score (nSPS) is 12.8. The van der Waals surface area contributed by atoms with Crippen molar-refractivity contribution in [3.8, 4) is 0 Å². The molecule has 0 aliphatic carbocycles. The van der Waals surface area contributed by atoms with Gasteiger partial charge in [0, 0.05) is 16.7 Å². The summed E-state index contributed by atoms with van der Waals surface area (Å²) in [6.07, 6.45) is 3.07. The molecule has 9 heteroatoms. The molecular formula is C24H17ClN4O4. The standard InChI is InChI=1S/C24H17ClN4O4/c25-17-6-3-15(4-7-17)13-29-21(9-10-26-29)27-22(30)16-5-8-19-20(12-16)24(32)28(23(19)31)14-18-2-1-11-33-18/h1-12H,13-14H2,(H,27,30). The van der Waals surface area contributed by atoms with E-state index in [0.29, 0.717) is 23.1 Å². The molecule has 1 aliphatic rings. The van der Waals surface area contributed by atoms with Gasteiger partial charge in [0.15, 0.2) is 0 Å². The monoisotopic (exact) mass is 460 g/mol. The number of halogens is 1. The van der Waals surface area contributed by atoms with Crippen molar-refractivity contribution in [1.29, 1.82) is 0 Å². The first-order chi connectivity index (χ1) is 16.0. The first-order valence-electron chi connectivity index (χ1n) is 10.1. The zero-order chi connectivity index (χ0) is 22.9. The van der Waals surface area contributed by atoms with Crippen molar-refractivity contribution >= 4 is 35.1 Å². The molecular weight excluding hydrogens is 444 g/mol. The van der Waals surface area contributed by atoms with E-state index in [1.165, 1.54) is 24.5 Å². The SMILES string of the molecule is O=C(Nc1ccnn1Cc1ccc(Cl)cc1)c1ccc2c(c1)C(=O)N(Cc1ccco1)C2=O. The maximum Gasteiger partial charge on any atom is 0.261 e. The van der Waals surface area contributed by atoms with Gasteiger partial charge < -0.3 is 9.73 Å². The number of benzene rings is 2. The van der Waals surface area contributed by atoms with E-state index in [4.69, 9.17) is 16.0 Å². The van der Waals surface area contributed by atoms with E-state index in [-0.39, 0.29) is 23.2 Å². The molecule has 3 amide bonds. The molecule has 0 bridgehead atoms. The van der Waals surface area contributed by atoms with Crippen LogP contribution in [0.4, 0.5) is 5.82 Å². The van der Waals surface area contributed by atoms with E-state index in [1.54, 1.807) is 41.2 Å². The molecule has 2 aromatic carbocycles. The minimum Gasteiger partial charge on any atom is -0.467 e. The summed E-state index contributed by atoms with van der Waals surface area (Å²) in [5.41, 5.74) is 1.68. The Morgan fingerprint density at radius 1 is 0.970 bits per heavy atom. The highest BCUT2D eigenvalue weighted by molar-refractivity contribution is 6.30. The Labute approximate surface area is 193 Å². The Hall–Kier alpha value is -4.17.